The third-order valence-corrected chi connectivity index (χ3v) is 3.83. The van der Waals surface area contributed by atoms with Crippen LogP contribution in [0.25, 0.3) is 0 Å². The van der Waals surface area contributed by atoms with E-state index in [0.717, 1.165) is 11.3 Å². The number of rotatable bonds is 8. The van der Waals surface area contributed by atoms with Crippen LogP contribution in [0.1, 0.15) is 15.9 Å². The second kappa shape index (κ2) is 9.58. The monoisotopic (exact) mass is 355 g/mol. The van der Waals surface area contributed by atoms with Crippen LogP contribution in [0.2, 0.25) is 0 Å². The fourth-order valence-corrected chi connectivity index (χ4v) is 2.37. The summed E-state index contributed by atoms with van der Waals surface area (Å²) in [5.74, 6) is -0.224. The van der Waals surface area contributed by atoms with Crippen LogP contribution in [0, 0.1) is 0 Å². The van der Waals surface area contributed by atoms with Gasteiger partial charge in [-0.15, -0.1) is 0 Å². The minimum atomic E-state index is -0.168. The number of nitrogens with zero attached hydrogens (tertiary/aromatic N) is 1. The predicted octanol–water partition coefficient (Wildman–Crippen LogP) is 2.31. The van der Waals surface area contributed by atoms with Crippen LogP contribution in [0.4, 0.5) is 11.4 Å². The van der Waals surface area contributed by atoms with E-state index in [9.17, 15) is 9.59 Å². The molecule has 0 aliphatic heterocycles. The highest BCUT2D eigenvalue weighted by atomic mass is 16.5. The molecule has 0 saturated carbocycles. The lowest BCUT2D eigenvalue weighted by Crippen LogP contribution is -2.28. The number of methoxy groups -OCH3 is 1. The number of ether oxygens (including phenoxy) is 1. The van der Waals surface area contributed by atoms with Crippen LogP contribution in [0.15, 0.2) is 48.5 Å². The molecule has 2 rings (SSSR count). The van der Waals surface area contributed by atoms with Crippen LogP contribution >= 0.6 is 0 Å². The van der Waals surface area contributed by atoms with Gasteiger partial charge < -0.3 is 20.3 Å². The minimum Gasteiger partial charge on any atom is -0.383 e. The molecule has 2 aromatic carbocycles. The molecule has 2 amide bonds. The Morgan fingerprint density at radius 3 is 2.46 bits per heavy atom. The molecule has 2 aromatic rings. The van der Waals surface area contributed by atoms with Gasteiger partial charge in [0.25, 0.3) is 5.91 Å². The number of amides is 2. The molecule has 0 radical (unpaired) electrons. The van der Waals surface area contributed by atoms with E-state index in [4.69, 9.17) is 4.74 Å². The second-order valence-electron chi connectivity index (χ2n) is 6.12. The fraction of sp³-hybridized carbons (Fsp3) is 0.300. The molecule has 0 atom stereocenters. The van der Waals surface area contributed by atoms with Gasteiger partial charge in [-0.05, 0) is 35.9 Å². The molecule has 0 fully saturated rings. The van der Waals surface area contributed by atoms with E-state index in [1.54, 1.807) is 25.3 Å². The van der Waals surface area contributed by atoms with Crippen molar-refractivity contribution in [2.75, 3.05) is 44.6 Å². The molecule has 0 unspecified atom stereocenters. The first-order valence-electron chi connectivity index (χ1n) is 8.43. The van der Waals surface area contributed by atoms with Crippen molar-refractivity contribution in [3.8, 4) is 0 Å². The Labute approximate surface area is 154 Å². The molecule has 138 valence electrons. The maximum atomic E-state index is 12.4. The predicted molar refractivity (Wildman–Crippen MR) is 104 cm³/mol. The Balaban J connectivity index is 1.93. The number of nitrogens with one attached hydrogen (secondary N) is 2. The van der Waals surface area contributed by atoms with Gasteiger partial charge in [-0.25, -0.2) is 0 Å². The van der Waals surface area contributed by atoms with Crippen molar-refractivity contribution in [2.45, 2.75) is 6.42 Å². The van der Waals surface area contributed by atoms with E-state index in [1.807, 2.05) is 49.3 Å². The summed E-state index contributed by atoms with van der Waals surface area (Å²) in [4.78, 5) is 26.1. The molecule has 26 heavy (non-hydrogen) atoms. The molecule has 6 nitrogen and oxygen atoms in total. The van der Waals surface area contributed by atoms with E-state index in [-0.39, 0.29) is 11.8 Å². The van der Waals surface area contributed by atoms with E-state index in [1.165, 1.54) is 0 Å². The Morgan fingerprint density at radius 1 is 1.08 bits per heavy atom. The fourth-order valence-electron chi connectivity index (χ4n) is 2.37. The highest BCUT2D eigenvalue weighted by Crippen LogP contribution is 2.16. The van der Waals surface area contributed by atoms with Crippen LogP contribution < -0.4 is 15.5 Å². The first-order valence-corrected chi connectivity index (χ1v) is 8.43. The second-order valence-corrected chi connectivity index (χ2v) is 6.12. The average Bonchev–Trinajstić information content (AvgIpc) is 2.63. The zero-order chi connectivity index (χ0) is 18.9. The SMILES string of the molecule is COCCNC(=O)Cc1ccc(NC(=O)c2cccc(N(C)C)c2)cc1. The van der Waals surface area contributed by atoms with Gasteiger partial charge in [0, 0.05) is 44.7 Å². The Kier molecular flexibility index (Phi) is 7.17. The van der Waals surface area contributed by atoms with Crippen molar-refractivity contribution >= 4 is 23.2 Å². The van der Waals surface area contributed by atoms with Crippen molar-refractivity contribution in [3.05, 3.63) is 59.7 Å². The van der Waals surface area contributed by atoms with Gasteiger partial charge in [0.2, 0.25) is 5.91 Å². The van der Waals surface area contributed by atoms with Crippen molar-refractivity contribution in [1.82, 2.24) is 5.32 Å². The van der Waals surface area contributed by atoms with Gasteiger partial charge in [0.1, 0.15) is 0 Å². The van der Waals surface area contributed by atoms with Crippen molar-refractivity contribution in [2.24, 2.45) is 0 Å². The zero-order valence-electron chi connectivity index (χ0n) is 15.4. The molecule has 0 aliphatic rings. The van der Waals surface area contributed by atoms with E-state index >= 15 is 0 Å². The third-order valence-electron chi connectivity index (χ3n) is 3.83. The summed E-state index contributed by atoms with van der Waals surface area (Å²) in [7, 11) is 5.46. The summed E-state index contributed by atoms with van der Waals surface area (Å²) in [6.07, 6.45) is 0.294. The molecule has 0 aromatic heterocycles. The smallest absolute Gasteiger partial charge is 0.255 e. The normalized spacial score (nSPS) is 10.3. The third kappa shape index (κ3) is 5.89. The van der Waals surface area contributed by atoms with Crippen molar-refractivity contribution in [3.63, 3.8) is 0 Å². The lowest BCUT2D eigenvalue weighted by molar-refractivity contribution is -0.120. The molecular weight excluding hydrogens is 330 g/mol. The molecule has 0 spiro atoms. The van der Waals surface area contributed by atoms with Crippen molar-refractivity contribution < 1.29 is 14.3 Å². The first-order chi connectivity index (χ1) is 12.5. The summed E-state index contributed by atoms with van der Waals surface area (Å²) in [6.45, 7) is 0.987. The zero-order valence-corrected chi connectivity index (χ0v) is 15.4. The number of hydrogen-bond donors (Lipinski definition) is 2. The number of carbonyl (C=O) groups excluding carboxylic acids is 2. The molecular formula is C20H25N3O3. The van der Waals surface area contributed by atoms with Gasteiger partial charge in [-0.2, -0.15) is 0 Å². The summed E-state index contributed by atoms with van der Waals surface area (Å²) in [5, 5.41) is 5.65. The lowest BCUT2D eigenvalue weighted by Gasteiger charge is -2.13. The minimum absolute atomic E-state index is 0.0562. The largest absolute Gasteiger partial charge is 0.383 e. The maximum absolute atomic E-state index is 12.4. The van der Waals surface area contributed by atoms with Crippen LogP contribution in [0.5, 0.6) is 0 Å². The molecule has 2 N–H and O–H groups in total. The van der Waals surface area contributed by atoms with E-state index in [0.29, 0.717) is 30.8 Å². The highest BCUT2D eigenvalue weighted by Gasteiger charge is 2.08. The average molecular weight is 355 g/mol. The molecule has 0 bridgehead atoms. The van der Waals surface area contributed by atoms with Crippen molar-refractivity contribution in [1.29, 1.82) is 0 Å². The molecule has 0 heterocycles. The van der Waals surface area contributed by atoms with E-state index < -0.39 is 0 Å². The van der Waals surface area contributed by atoms with Gasteiger partial charge in [0.05, 0.1) is 13.0 Å². The summed E-state index contributed by atoms with van der Waals surface area (Å²) in [5.41, 5.74) is 3.13. The van der Waals surface area contributed by atoms with Gasteiger partial charge >= 0.3 is 0 Å². The molecule has 0 saturated heterocycles. The number of anilines is 2. The maximum Gasteiger partial charge on any atom is 0.255 e. The first kappa shape index (κ1) is 19.5. The molecule has 6 heteroatoms. The van der Waals surface area contributed by atoms with Crippen LogP contribution in [-0.2, 0) is 16.0 Å². The highest BCUT2D eigenvalue weighted by molar-refractivity contribution is 6.04. The quantitative estimate of drug-likeness (QED) is 0.713. The Morgan fingerprint density at radius 2 is 1.81 bits per heavy atom. The number of benzene rings is 2. The van der Waals surface area contributed by atoms with Crippen LogP contribution in [-0.4, -0.2) is 46.2 Å². The van der Waals surface area contributed by atoms with Gasteiger partial charge in [-0.3, -0.25) is 9.59 Å². The topological polar surface area (TPSA) is 70.7 Å². The number of hydrogen-bond acceptors (Lipinski definition) is 4. The summed E-state index contributed by atoms with van der Waals surface area (Å²) in [6, 6.07) is 14.7. The van der Waals surface area contributed by atoms with E-state index in [2.05, 4.69) is 10.6 Å². The van der Waals surface area contributed by atoms with Gasteiger partial charge in [-0.1, -0.05) is 18.2 Å². The number of carbonyl (C=O) groups is 2. The lowest BCUT2D eigenvalue weighted by atomic mass is 10.1. The standard InChI is InChI=1S/C20H25N3O3/c1-23(2)18-6-4-5-16(14-18)20(25)22-17-9-7-15(8-10-17)13-19(24)21-11-12-26-3/h4-10,14H,11-13H2,1-3H3,(H,21,24)(H,22,25). The van der Waals surface area contributed by atoms with Gasteiger partial charge in [0.15, 0.2) is 0 Å². The Bertz CT molecular complexity index is 742. The summed E-state index contributed by atoms with van der Waals surface area (Å²) >= 11 is 0. The molecule has 0 aliphatic carbocycles. The summed E-state index contributed by atoms with van der Waals surface area (Å²) < 4.78 is 4.89. The Hall–Kier alpha value is -2.86. The van der Waals surface area contributed by atoms with Crippen LogP contribution in [0.3, 0.4) is 0 Å².